The van der Waals surface area contributed by atoms with E-state index in [1.165, 1.54) is 12.1 Å². The third-order valence-electron chi connectivity index (χ3n) is 3.98. The van der Waals surface area contributed by atoms with Crippen LogP contribution < -0.4 is 0 Å². The molecule has 0 aliphatic heterocycles. The van der Waals surface area contributed by atoms with E-state index in [4.69, 9.17) is 16.6 Å². The van der Waals surface area contributed by atoms with Gasteiger partial charge in [0.2, 0.25) is 0 Å². The first-order chi connectivity index (χ1) is 11.7. The summed E-state index contributed by atoms with van der Waals surface area (Å²) in [7, 11) is 0. The Labute approximate surface area is 144 Å². The Kier molecular flexibility index (Phi) is 3.75. The fourth-order valence-corrected chi connectivity index (χ4v) is 2.99. The number of nitrogens with zero attached hydrogens (tertiary/aromatic N) is 1. The van der Waals surface area contributed by atoms with E-state index in [-0.39, 0.29) is 5.82 Å². The fraction of sp³-hybridized carbons (Fsp3) is 0. The van der Waals surface area contributed by atoms with E-state index in [0.29, 0.717) is 5.02 Å². The molecule has 0 spiro atoms. The van der Waals surface area contributed by atoms with Crippen molar-refractivity contribution in [2.45, 2.75) is 0 Å². The van der Waals surface area contributed by atoms with E-state index < -0.39 is 0 Å². The Morgan fingerprint density at radius 3 is 2.25 bits per heavy atom. The first kappa shape index (κ1) is 14.9. The van der Waals surface area contributed by atoms with Crippen LogP contribution >= 0.6 is 11.6 Å². The zero-order chi connectivity index (χ0) is 16.5. The molecule has 0 saturated carbocycles. The molecule has 0 N–H and O–H groups in total. The van der Waals surface area contributed by atoms with Crippen molar-refractivity contribution >= 4 is 22.5 Å². The Balaban J connectivity index is 2.02. The molecule has 0 bridgehead atoms. The molecule has 116 valence electrons. The summed E-state index contributed by atoms with van der Waals surface area (Å²) in [6, 6.07) is 24.2. The topological polar surface area (TPSA) is 12.9 Å². The quantitative estimate of drug-likeness (QED) is 0.416. The van der Waals surface area contributed by atoms with Crippen LogP contribution in [-0.2, 0) is 0 Å². The molecule has 3 heteroatoms. The second-order valence-corrected chi connectivity index (χ2v) is 6.03. The fourth-order valence-electron chi connectivity index (χ4n) is 2.81. The maximum atomic E-state index is 13.3. The van der Waals surface area contributed by atoms with Crippen LogP contribution in [0, 0.1) is 5.82 Å². The van der Waals surface area contributed by atoms with Crippen molar-refractivity contribution in [2.75, 3.05) is 0 Å². The zero-order valence-electron chi connectivity index (χ0n) is 12.7. The van der Waals surface area contributed by atoms with Crippen molar-refractivity contribution < 1.29 is 4.39 Å². The van der Waals surface area contributed by atoms with Gasteiger partial charge in [0.25, 0.3) is 0 Å². The number of pyridine rings is 1. The Morgan fingerprint density at radius 1 is 0.750 bits per heavy atom. The summed E-state index contributed by atoms with van der Waals surface area (Å²) in [5.74, 6) is -0.253. The third-order valence-corrected chi connectivity index (χ3v) is 4.21. The molecule has 0 saturated heterocycles. The van der Waals surface area contributed by atoms with Crippen molar-refractivity contribution in [3.05, 3.63) is 89.7 Å². The highest BCUT2D eigenvalue weighted by molar-refractivity contribution is 6.31. The van der Waals surface area contributed by atoms with Gasteiger partial charge in [-0.15, -0.1) is 0 Å². The average molecular weight is 334 g/mol. The molecular weight excluding hydrogens is 321 g/mol. The van der Waals surface area contributed by atoms with E-state index >= 15 is 0 Å². The highest BCUT2D eigenvalue weighted by Crippen LogP contribution is 2.34. The van der Waals surface area contributed by atoms with Gasteiger partial charge in [-0.3, -0.25) is 0 Å². The predicted molar refractivity (Wildman–Crippen MR) is 97.6 cm³/mol. The summed E-state index contributed by atoms with van der Waals surface area (Å²) in [6.07, 6.45) is 0. The lowest BCUT2D eigenvalue weighted by molar-refractivity contribution is 0.628. The van der Waals surface area contributed by atoms with Crippen molar-refractivity contribution in [3.8, 4) is 22.4 Å². The molecule has 0 aliphatic rings. The van der Waals surface area contributed by atoms with Crippen LogP contribution in [0.15, 0.2) is 78.9 Å². The maximum absolute atomic E-state index is 13.3. The molecule has 3 aromatic carbocycles. The van der Waals surface area contributed by atoms with E-state index in [9.17, 15) is 4.39 Å². The minimum atomic E-state index is -0.253. The number of halogens is 2. The number of rotatable bonds is 2. The minimum absolute atomic E-state index is 0.253. The number of fused-ring (bicyclic) bond motifs is 1. The Bertz CT molecular complexity index is 1010. The Hall–Kier alpha value is -2.71. The van der Waals surface area contributed by atoms with Gasteiger partial charge in [0.1, 0.15) is 5.82 Å². The monoisotopic (exact) mass is 333 g/mol. The van der Waals surface area contributed by atoms with E-state index in [2.05, 4.69) is 6.07 Å². The first-order valence-electron chi connectivity index (χ1n) is 7.62. The Morgan fingerprint density at radius 2 is 1.50 bits per heavy atom. The lowest BCUT2D eigenvalue weighted by Crippen LogP contribution is -1.91. The van der Waals surface area contributed by atoms with E-state index in [1.807, 2.05) is 48.5 Å². The largest absolute Gasteiger partial charge is 0.247 e. The molecule has 0 fully saturated rings. The molecule has 1 heterocycles. The van der Waals surface area contributed by atoms with Crippen molar-refractivity contribution in [1.82, 2.24) is 4.98 Å². The molecule has 0 unspecified atom stereocenters. The zero-order valence-corrected chi connectivity index (χ0v) is 13.5. The van der Waals surface area contributed by atoms with Crippen LogP contribution in [0.2, 0.25) is 5.02 Å². The van der Waals surface area contributed by atoms with Gasteiger partial charge in [0.05, 0.1) is 11.2 Å². The highest BCUT2D eigenvalue weighted by atomic mass is 35.5. The summed E-state index contributed by atoms with van der Waals surface area (Å²) >= 11 is 6.12. The van der Waals surface area contributed by atoms with E-state index in [0.717, 1.165) is 33.3 Å². The van der Waals surface area contributed by atoms with Gasteiger partial charge in [-0.2, -0.15) is 0 Å². The first-order valence-corrected chi connectivity index (χ1v) is 8.00. The van der Waals surface area contributed by atoms with Crippen LogP contribution in [0.4, 0.5) is 4.39 Å². The number of aromatic nitrogens is 1. The van der Waals surface area contributed by atoms with Gasteiger partial charge < -0.3 is 0 Å². The predicted octanol–water partition coefficient (Wildman–Crippen LogP) is 6.36. The third kappa shape index (κ3) is 2.77. The second kappa shape index (κ2) is 6.06. The number of hydrogen-bond acceptors (Lipinski definition) is 1. The molecule has 1 nitrogen and oxygen atoms in total. The van der Waals surface area contributed by atoms with Gasteiger partial charge in [-0.25, -0.2) is 9.37 Å². The molecular formula is C21H13ClFN. The van der Waals surface area contributed by atoms with Crippen LogP contribution in [0.1, 0.15) is 0 Å². The molecule has 4 rings (SSSR count). The maximum Gasteiger partial charge on any atom is 0.123 e. The molecule has 0 atom stereocenters. The van der Waals surface area contributed by atoms with Crippen molar-refractivity contribution in [2.24, 2.45) is 0 Å². The van der Waals surface area contributed by atoms with Crippen LogP contribution in [0.25, 0.3) is 33.3 Å². The van der Waals surface area contributed by atoms with Gasteiger partial charge in [0.15, 0.2) is 0 Å². The van der Waals surface area contributed by atoms with Crippen LogP contribution in [0.3, 0.4) is 0 Å². The standard InChI is InChI=1S/C21H13ClFN/c22-17-8-11-20-16(12-17)13-19(14-6-9-18(23)10-7-14)21(24-20)15-4-2-1-3-5-15/h1-13H. The average Bonchev–Trinajstić information content (AvgIpc) is 2.62. The SMILES string of the molecule is Fc1ccc(-c2cc3cc(Cl)ccc3nc2-c2ccccc2)cc1. The smallest absolute Gasteiger partial charge is 0.123 e. The van der Waals surface area contributed by atoms with Crippen LogP contribution in [-0.4, -0.2) is 4.98 Å². The molecule has 0 radical (unpaired) electrons. The van der Waals surface area contributed by atoms with Crippen LogP contribution in [0.5, 0.6) is 0 Å². The number of benzene rings is 3. The molecule has 4 aromatic rings. The van der Waals surface area contributed by atoms with Gasteiger partial charge in [-0.05, 0) is 42.0 Å². The van der Waals surface area contributed by atoms with Gasteiger partial charge in [0, 0.05) is 21.5 Å². The van der Waals surface area contributed by atoms with Gasteiger partial charge >= 0.3 is 0 Å². The summed E-state index contributed by atoms with van der Waals surface area (Å²) in [5, 5.41) is 1.63. The summed E-state index contributed by atoms with van der Waals surface area (Å²) < 4.78 is 13.3. The summed E-state index contributed by atoms with van der Waals surface area (Å²) in [6.45, 7) is 0. The lowest BCUT2D eigenvalue weighted by atomic mass is 9.97. The van der Waals surface area contributed by atoms with E-state index in [1.54, 1.807) is 12.1 Å². The molecule has 1 aromatic heterocycles. The van der Waals surface area contributed by atoms with Gasteiger partial charge in [-0.1, -0.05) is 54.1 Å². The second-order valence-electron chi connectivity index (χ2n) is 5.59. The normalized spacial score (nSPS) is 10.9. The molecule has 24 heavy (non-hydrogen) atoms. The van der Waals surface area contributed by atoms with Crippen molar-refractivity contribution in [3.63, 3.8) is 0 Å². The number of hydrogen-bond donors (Lipinski definition) is 0. The summed E-state index contributed by atoms with van der Waals surface area (Å²) in [5.41, 5.74) is 4.65. The molecule has 0 amide bonds. The lowest BCUT2D eigenvalue weighted by Gasteiger charge is -2.12. The van der Waals surface area contributed by atoms with Crippen molar-refractivity contribution in [1.29, 1.82) is 0 Å². The minimum Gasteiger partial charge on any atom is -0.247 e. The molecule has 0 aliphatic carbocycles. The highest BCUT2D eigenvalue weighted by Gasteiger charge is 2.11. The summed E-state index contributed by atoms with van der Waals surface area (Å²) in [4.78, 5) is 4.83.